The van der Waals surface area contributed by atoms with Crippen LogP contribution in [0.4, 0.5) is 0 Å². The summed E-state index contributed by atoms with van der Waals surface area (Å²) in [6.07, 6.45) is 1.57. The molecule has 0 atom stereocenters. The molecule has 4 heteroatoms. The summed E-state index contributed by atoms with van der Waals surface area (Å²) >= 11 is 0. The number of para-hydroxylation sites is 1. The molecule has 0 unspecified atom stereocenters. The molecule has 0 fully saturated rings. The standard InChI is InChI=1S/C14H10N4/c1-10-13-7-11(8-15)9-16-14(13)18(17-10)12-5-3-2-4-6-12/h2-7,9H,1H3. The zero-order chi connectivity index (χ0) is 12.5. The molecule has 4 nitrogen and oxygen atoms in total. The molecule has 86 valence electrons. The predicted molar refractivity (Wildman–Crippen MR) is 68.3 cm³/mol. The summed E-state index contributed by atoms with van der Waals surface area (Å²) in [4.78, 5) is 4.33. The highest BCUT2D eigenvalue weighted by Gasteiger charge is 2.10. The summed E-state index contributed by atoms with van der Waals surface area (Å²) in [5.41, 5.74) is 3.17. The molecule has 0 saturated heterocycles. The topological polar surface area (TPSA) is 54.5 Å². The third-order valence-electron chi connectivity index (χ3n) is 2.84. The first-order valence-electron chi connectivity index (χ1n) is 5.60. The zero-order valence-electron chi connectivity index (χ0n) is 9.83. The lowest BCUT2D eigenvalue weighted by molar-refractivity contribution is 0.877. The molecule has 1 aromatic carbocycles. The van der Waals surface area contributed by atoms with E-state index in [1.807, 2.05) is 43.3 Å². The van der Waals surface area contributed by atoms with Crippen molar-refractivity contribution in [2.24, 2.45) is 0 Å². The Morgan fingerprint density at radius 2 is 2.00 bits per heavy atom. The fourth-order valence-corrected chi connectivity index (χ4v) is 1.95. The van der Waals surface area contributed by atoms with Gasteiger partial charge in [-0.05, 0) is 25.1 Å². The van der Waals surface area contributed by atoms with E-state index in [-0.39, 0.29) is 0 Å². The van der Waals surface area contributed by atoms with Gasteiger partial charge in [0.1, 0.15) is 6.07 Å². The lowest BCUT2D eigenvalue weighted by Crippen LogP contribution is -1.97. The van der Waals surface area contributed by atoms with Gasteiger partial charge in [-0.1, -0.05) is 18.2 Å². The van der Waals surface area contributed by atoms with Gasteiger partial charge in [0.2, 0.25) is 0 Å². The van der Waals surface area contributed by atoms with Crippen molar-refractivity contribution < 1.29 is 0 Å². The van der Waals surface area contributed by atoms with E-state index in [4.69, 9.17) is 5.26 Å². The molecule has 2 aromatic heterocycles. The van der Waals surface area contributed by atoms with Crippen molar-refractivity contribution in [1.82, 2.24) is 14.8 Å². The highest BCUT2D eigenvalue weighted by Crippen LogP contribution is 2.20. The first-order valence-corrected chi connectivity index (χ1v) is 5.60. The van der Waals surface area contributed by atoms with E-state index in [1.165, 1.54) is 0 Å². The molecule has 0 radical (unpaired) electrons. The third kappa shape index (κ3) is 1.54. The molecule has 0 aliphatic rings. The van der Waals surface area contributed by atoms with Crippen molar-refractivity contribution in [3.63, 3.8) is 0 Å². The molecule has 0 bridgehead atoms. The average molecular weight is 234 g/mol. The maximum atomic E-state index is 8.89. The Bertz CT molecular complexity index is 751. The summed E-state index contributed by atoms with van der Waals surface area (Å²) in [6.45, 7) is 1.92. The van der Waals surface area contributed by atoms with Gasteiger partial charge in [0.15, 0.2) is 5.65 Å². The number of benzene rings is 1. The molecule has 0 aliphatic carbocycles. The number of fused-ring (bicyclic) bond motifs is 1. The fourth-order valence-electron chi connectivity index (χ4n) is 1.95. The molecule has 0 amide bonds. The Morgan fingerprint density at radius 3 is 2.72 bits per heavy atom. The van der Waals surface area contributed by atoms with Crippen LogP contribution in [0.15, 0.2) is 42.6 Å². The number of nitrogens with zero attached hydrogens (tertiary/aromatic N) is 4. The van der Waals surface area contributed by atoms with E-state index in [1.54, 1.807) is 10.9 Å². The second-order valence-corrected chi connectivity index (χ2v) is 4.04. The van der Waals surface area contributed by atoms with Crippen LogP contribution in [0.25, 0.3) is 16.7 Å². The van der Waals surface area contributed by atoms with Crippen LogP contribution in [-0.4, -0.2) is 14.8 Å². The summed E-state index contributed by atoms with van der Waals surface area (Å²) in [5.74, 6) is 0. The molecule has 3 rings (SSSR count). The molecule has 0 aliphatic heterocycles. The van der Waals surface area contributed by atoms with Crippen molar-refractivity contribution in [3.05, 3.63) is 53.9 Å². The number of nitriles is 1. The van der Waals surface area contributed by atoms with Gasteiger partial charge in [-0.15, -0.1) is 0 Å². The lowest BCUT2D eigenvalue weighted by atomic mass is 10.2. The molecule has 0 spiro atoms. The minimum atomic E-state index is 0.554. The first-order chi connectivity index (χ1) is 8.79. The van der Waals surface area contributed by atoms with Gasteiger partial charge in [-0.2, -0.15) is 10.4 Å². The SMILES string of the molecule is Cc1nn(-c2ccccc2)c2ncc(C#N)cc12. The minimum absolute atomic E-state index is 0.554. The number of rotatable bonds is 1. The molecule has 18 heavy (non-hydrogen) atoms. The van der Waals surface area contributed by atoms with E-state index in [0.29, 0.717) is 5.56 Å². The highest BCUT2D eigenvalue weighted by atomic mass is 15.3. The average Bonchev–Trinajstić information content (AvgIpc) is 2.77. The van der Waals surface area contributed by atoms with Crippen molar-refractivity contribution >= 4 is 11.0 Å². The number of hydrogen-bond acceptors (Lipinski definition) is 3. The lowest BCUT2D eigenvalue weighted by Gasteiger charge is -2.01. The second kappa shape index (κ2) is 3.97. The quantitative estimate of drug-likeness (QED) is 0.650. The van der Waals surface area contributed by atoms with Crippen LogP contribution in [0.2, 0.25) is 0 Å². The Morgan fingerprint density at radius 1 is 1.22 bits per heavy atom. The van der Waals surface area contributed by atoms with Crippen molar-refractivity contribution in [1.29, 1.82) is 5.26 Å². The van der Waals surface area contributed by atoms with Crippen LogP contribution >= 0.6 is 0 Å². The van der Waals surface area contributed by atoms with Crippen molar-refractivity contribution in [2.75, 3.05) is 0 Å². The minimum Gasteiger partial charge on any atom is -0.235 e. The Kier molecular flexibility index (Phi) is 2.31. The van der Waals surface area contributed by atoms with Gasteiger partial charge < -0.3 is 0 Å². The van der Waals surface area contributed by atoms with Gasteiger partial charge >= 0.3 is 0 Å². The van der Waals surface area contributed by atoms with E-state index in [9.17, 15) is 0 Å². The van der Waals surface area contributed by atoms with Crippen LogP contribution in [0, 0.1) is 18.3 Å². The molecule has 3 aromatic rings. The third-order valence-corrected chi connectivity index (χ3v) is 2.84. The molecular formula is C14H10N4. The zero-order valence-corrected chi connectivity index (χ0v) is 9.83. The Balaban J connectivity index is 2.30. The van der Waals surface area contributed by atoms with Gasteiger partial charge in [-0.3, -0.25) is 0 Å². The summed E-state index contributed by atoms with van der Waals surface area (Å²) in [7, 11) is 0. The van der Waals surface area contributed by atoms with Crippen molar-refractivity contribution in [3.8, 4) is 11.8 Å². The predicted octanol–water partition coefficient (Wildman–Crippen LogP) is 2.60. The van der Waals surface area contributed by atoms with Gasteiger partial charge in [0, 0.05) is 11.6 Å². The van der Waals surface area contributed by atoms with E-state index < -0.39 is 0 Å². The monoisotopic (exact) mass is 234 g/mol. The number of aromatic nitrogens is 3. The number of aryl methyl sites for hydroxylation is 1. The summed E-state index contributed by atoms with van der Waals surface area (Å²) in [5, 5.41) is 14.3. The summed E-state index contributed by atoms with van der Waals surface area (Å²) in [6, 6.07) is 13.8. The van der Waals surface area contributed by atoms with Gasteiger partial charge in [0.25, 0.3) is 0 Å². The fraction of sp³-hybridized carbons (Fsp3) is 0.0714. The molecule has 0 N–H and O–H groups in total. The van der Waals surface area contributed by atoms with E-state index in [0.717, 1.165) is 22.4 Å². The maximum absolute atomic E-state index is 8.89. The molecule has 2 heterocycles. The Labute approximate surface area is 104 Å². The van der Waals surface area contributed by atoms with E-state index in [2.05, 4.69) is 16.2 Å². The highest BCUT2D eigenvalue weighted by molar-refractivity contribution is 5.80. The number of pyridine rings is 1. The second-order valence-electron chi connectivity index (χ2n) is 4.04. The summed E-state index contributed by atoms with van der Waals surface area (Å²) < 4.78 is 1.80. The van der Waals surface area contributed by atoms with Crippen LogP contribution in [0.5, 0.6) is 0 Å². The largest absolute Gasteiger partial charge is 0.235 e. The van der Waals surface area contributed by atoms with Crippen LogP contribution in [-0.2, 0) is 0 Å². The smallest absolute Gasteiger partial charge is 0.163 e. The first kappa shape index (κ1) is 10.5. The maximum Gasteiger partial charge on any atom is 0.163 e. The van der Waals surface area contributed by atoms with Gasteiger partial charge in [0.05, 0.1) is 16.9 Å². The Hall–Kier alpha value is -2.67. The van der Waals surface area contributed by atoms with Crippen molar-refractivity contribution in [2.45, 2.75) is 6.92 Å². The van der Waals surface area contributed by atoms with Crippen LogP contribution < -0.4 is 0 Å². The van der Waals surface area contributed by atoms with E-state index >= 15 is 0 Å². The normalized spacial score (nSPS) is 10.4. The number of hydrogen-bond donors (Lipinski definition) is 0. The van der Waals surface area contributed by atoms with Crippen LogP contribution in [0.3, 0.4) is 0 Å². The molecular weight excluding hydrogens is 224 g/mol. The molecule has 0 saturated carbocycles. The van der Waals surface area contributed by atoms with Gasteiger partial charge in [-0.25, -0.2) is 9.67 Å². The van der Waals surface area contributed by atoms with Crippen LogP contribution in [0.1, 0.15) is 11.3 Å².